The van der Waals surface area contributed by atoms with Gasteiger partial charge < -0.3 is 15.3 Å². The first-order valence-electron chi connectivity index (χ1n) is 4.55. The summed E-state index contributed by atoms with van der Waals surface area (Å²) in [4.78, 5) is 0. The first-order chi connectivity index (χ1) is 6.65. The standard InChI is InChI=1S/C11H13NO2/c1-6-7(2)14-11-9(6)4-3-8(5-12)10(11)13/h3-4,13H,5,12H2,1-2H3. The summed E-state index contributed by atoms with van der Waals surface area (Å²) in [6.45, 7) is 4.18. The maximum atomic E-state index is 9.81. The molecule has 1 aromatic heterocycles. The summed E-state index contributed by atoms with van der Waals surface area (Å²) in [5.74, 6) is 1.01. The number of phenolic OH excluding ortho intramolecular Hbond substituents is 1. The third-order valence-electron chi connectivity index (χ3n) is 2.62. The Kier molecular flexibility index (Phi) is 1.97. The molecule has 2 rings (SSSR count). The van der Waals surface area contributed by atoms with E-state index in [1.807, 2.05) is 26.0 Å². The second-order valence-electron chi connectivity index (χ2n) is 3.44. The van der Waals surface area contributed by atoms with Crippen LogP contribution in [0.15, 0.2) is 16.5 Å². The van der Waals surface area contributed by atoms with Gasteiger partial charge in [0, 0.05) is 17.5 Å². The van der Waals surface area contributed by atoms with E-state index in [2.05, 4.69) is 0 Å². The van der Waals surface area contributed by atoms with Crippen molar-refractivity contribution in [2.24, 2.45) is 5.73 Å². The SMILES string of the molecule is Cc1oc2c(O)c(CN)ccc2c1C. The van der Waals surface area contributed by atoms with Crippen LogP contribution in [0.25, 0.3) is 11.0 Å². The van der Waals surface area contributed by atoms with Gasteiger partial charge in [-0.05, 0) is 19.4 Å². The molecule has 0 aliphatic rings. The number of hydrogen-bond acceptors (Lipinski definition) is 3. The number of rotatable bonds is 1. The van der Waals surface area contributed by atoms with E-state index < -0.39 is 0 Å². The summed E-state index contributed by atoms with van der Waals surface area (Å²) in [6.07, 6.45) is 0. The van der Waals surface area contributed by atoms with Gasteiger partial charge in [0.1, 0.15) is 5.76 Å². The molecule has 14 heavy (non-hydrogen) atoms. The van der Waals surface area contributed by atoms with Crippen molar-refractivity contribution in [3.8, 4) is 5.75 Å². The Labute approximate surface area is 82.1 Å². The Bertz CT molecular complexity index is 485. The Morgan fingerprint density at radius 1 is 1.36 bits per heavy atom. The molecular weight excluding hydrogens is 178 g/mol. The molecule has 0 saturated heterocycles. The highest BCUT2D eigenvalue weighted by Gasteiger charge is 2.12. The molecular formula is C11H13NO2. The molecule has 0 fully saturated rings. The Hall–Kier alpha value is -1.48. The second-order valence-corrected chi connectivity index (χ2v) is 3.44. The predicted molar refractivity (Wildman–Crippen MR) is 55.2 cm³/mol. The molecule has 3 N–H and O–H groups in total. The summed E-state index contributed by atoms with van der Waals surface area (Å²) in [6, 6.07) is 3.77. The number of benzene rings is 1. The molecule has 1 heterocycles. The average Bonchev–Trinajstić information content (AvgIpc) is 2.46. The maximum absolute atomic E-state index is 9.81. The number of phenols is 1. The molecule has 0 aliphatic heterocycles. The fourth-order valence-electron chi connectivity index (χ4n) is 1.59. The molecule has 0 radical (unpaired) electrons. The molecule has 3 nitrogen and oxygen atoms in total. The number of hydrogen-bond donors (Lipinski definition) is 2. The normalized spacial score (nSPS) is 11.1. The van der Waals surface area contributed by atoms with Crippen LogP contribution < -0.4 is 5.73 Å². The number of furan rings is 1. The number of aromatic hydroxyl groups is 1. The monoisotopic (exact) mass is 191 g/mol. The fraction of sp³-hybridized carbons (Fsp3) is 0.273. The van der Waals surface area contributed by atoms with E-state index in [9.17, 15) is 5.11 Å². The van der Waals surface area contributed by atoms with Crippen molar-refractivity contribution in [3.05, 3.63) is 29.0 Å². The highest BCUT2D eigenvalue weighted by Crippen LogP contribution is 2.33. The summed E-state index contributed by atoms with van der Waals surface area (Å²) in [5.41, 5.74) is 7.81. The lowest BCUT2D eigenvalue weighted by atomic mass is 10.1. The van der Waals surface area contributed by atoms with E-state index in [0.717, 1.165) is 16.7 Å². The van der Waals surface area contributed by atoms with Gasteiger partial charge >= 0.3 is 0 Å². The zero-order chi connectivity index (χ0) is 10.3. The zero-order valence-corrected chi connectivity index (χ0v) is 8.29. The van der Waals surface area contributed by atoms with Crippen LogP contribution in [0.2, 0.25) is 0 Å². The van der Waals surface area contributed by atoms with Crippen molar-refractivity contribution in [2.45, 2.75) is 20.4 Å². The van der Waals surface area contributed by atoms with Gasteiger partial charge in [0.05, 0.1) is 0 Å². The van der Waals surface area contributed by atoms with Crippen molar-refractivity contribution in [3.63, 3.8) is 0 Å². The minimum atomic E-state index is 0.168. The van der Waals surface area contributed by atoms with Crippen LogP contribution in [-0.4, -0.2) is 5.11 Å². The third kappa shape index (κ3) is 1.09. The molecule has 0 spiro atoms. The minimum Gasteiger partial charge on any atom is -0.504 e. The van der Waals surface area contributed by atoms with Crippen LogP contribution in [0.3, 0.4) is 0 Å². The van der Waals surface area contributed by atoms with Crippen LogP contribution >= 0.6 is 0 Å². The highest BCUT2D eigenvalue weighted by molar-refractivity contribution is 5.87. The molecule has 74 valence electrons. The van der Waals surface area contributed by atoms with Crippen molar-refractivity contribution < 1.29 is 9.52 Å². The summed E-state index contributed by atoms with van der Waals surface area (Å²) in [5, 5.41) is 10.8. The van der Waals surface area contributed by atoms with E-state index in [1.165, 1.54) is 0 Å². The number of aryl methyl sites for hydroxylation is 2. The molecule has 0 amide bonds. The van der Waals surface area contributed by atoms with Gasteiger partial charge in [-0.15, -0.1) is 0 Å². The van der Waals surface area contributed by atoms with E-state index in [1.54, 1.807) is 0 Å². The third-order valence-corrected chi connectivity index (χ3v) is 2.62. The smallest absolute Gasteiger partial charge is 0.176 e. The van der Waals surface area contributed by atoms with E-state index in [4.69, 9.17) is 10.2 Å². The van der Waals surface area contributed by atoms with Gasteiger partial charge in [0.15, 0.2) is 11.3 Å². The van der Waals surface area contributed by atoms with Crippen LogP contribution in [0.4, 0.5) is 0 Å². The molecule has 1 aromatic carbocycles. The molecule has 0 aliphatic carbocycles. The van der Waals surface area contributed by atoms with Gasteiger partial charge in [0.25, 0.3) is 0 Å². The first kappa shape index (κ1) is 9.09. The molecule has 0 saturated carbocycles. The fourth-order valence-corrected chi connectivity index (χ4v) is 1.59. The van der Waals surface area contributed by atoms with Crippen LogP contribution in [0.5, 0.6) is 5.75 Å². The number of fused-ring (bicyclic) bond motifs is 1. The average molecular weight is 191 g/mol. The van der Waals surface area contributed by atoms with E-state index >= 15 is 0 Å². The van der Waals surface area contributed by atoms with Crippen molar-refractivity contribution in [1.82, 2.24) is 0 Å². The van der Waals surface area contributed by atoms with Crippen molar-refractivity contribution in [2.75, 3.05) is 0 Å². The van der Waals surface area contributed by atoms with Crippen LogP contribution in [-0.2, 0) is 6.54 Å². The zero-order valence-electron chi connectivity index (χ0n) is 8.29. The largest absolute Gasteiger partial charge is 0.504 e. The van der Waals surface area contributed by atoms with E-state index in [-0.39, 0.29) is 5.75 Å². The first-order valence-corrected chi connectivity index (χ1v) is 4.55. The molecule has 0 atom stereocenters. The second kappa shape index (κ2) is 3.03. The summed E-state index contributed by atoms with van der Waals surface area (Å²) < 4.78 is 5.47. The quantitative estimate of drug-likeness (QED) is 0.726. The predicted octanol–water partition coefficient (Wildman–Crippen LogP) is 2.21. The topological polar surface area (TPSA) is 59.4 Å². The van der Waals surface area contributed by atoms with Crippen molar-refractivity contribution >= 4 is 11.0 Å². The van der Waals surface area contributed by atoms with Crippen LogP contribution in [0, 0.1) is 13.8 Å². The molecule has 0 bridgehead atoms. The van der Waals surface area contributed by atoms with E-state index in [0.29, 0.717) is 17.7 Å². The van der Waals surface area contributed by atoms with Gasteiger partial charge in [-0.25, -0.2) is 0 Å². The lowest BCUT2D eigenvalue weighted by Crippen LogP contribution is -1.96. The van der Waals surface area contributed by atoms with Crippen LogP contribution in [0.1, 0.15) is 16.9 Å². The lowest BCUT2D eigenvalue weighted by Gasteiger charge is -2.00. The Morgan fingerprint density at radius 3 is 2.71 bits per heavy atom. The number of nitrogens with two attached hydrogens (primary N) is 1. The Morgan fingerprint density at radius 2 is 2.07 bits per heavy atom. The van der Waals surface area contributed by atoms with Crippen molar-refractivity contribution in [1.29, 1.82) is 0 Å². The maximum Gasteiger partial charge on any atom is 0.176 e. The van der Waals surface area contributed by atoms with Gasteiger partial charge in [-0.2, -0.15) is 0 Å². The molecule has 3 heteroatoms. The van der Waals surface area contributed by atoms with Gasteiger partial charge in [-0.1, -0.05) is 12.1 Å². The lowest BCUT2D eigenvalue weighted by molar-refractivity contribution is 0.455. The summed E-state index contributed by atoms with van der Waals surface area (Å²) >= 11 is 0. The van der Waals surface area contributed by atoms with Gasteiger partial charge in [0.2, 0.25) is 0 Å². The molecule has 0 unspecified atom stereocenters. The summed E-state index contributed by atoms with van der Waals surface area (Å²) in [7, 11) is 0. The minimum absolute atomic E-state index is 0.168. The highest BCUT2D eigenvalue weighted by atomic mass is 16.4. The Balaban J connectivity index is 2.83. The molecule has 2 aromatic rings. The van der Waals surface area contributed by atoms with Gasteiger partial charge in [-0.3, -0.25) is 0 Å².